The SMILES string of the molecule is CC(O)CCNC(C)c1ccc2c(c1)OCO2. The van der Waals surface area contributed by atoms with E-state index in [-0.39, 0.29) is 12.1 Å². The smallest absolute Gasteiger partial charge is 0.231 e. The minimum Gasteiger partial charge on any atom is -0.454 e. The van der Waals surface area contributed by atoms with Gasteiger partial charge in [-0.15, -0.1) is 0 Å². The van der Waals surface area contributed by atoms with Crippen molar-refractivity contribution in [2.75, 3.05) is 13.3 Å². The van der Waals surface area contributed by atoms with Gasteiger partial charge in [0.05, 0.1) is 6.10 Å². The van der Waals surface area contributed by atoms with Crippen molar-refractivity contribution in [1.29, 1.82) is 0 Å². The van der Waals surface area contributed by atoms with Crippen molar-refractivity contribution in [3.8, 4) is 11.5 Å². The van der Waals surface area contributed by atoms with Gasteiger partial charge in [0.1, 0.15) is 0 Å². The quantitative estimate of drug-likeness (QED) is 0.820. The molecule has 2 N–H and O–H groups in total. The zero-order valence-electron chi connectivity index (χ0n) is 10.3. The van der Waals surface area contributed by atoms with Crippen LogP contribution in [-0.4, -0.2) is 24.5 Å². The van der Waals surface area contributed by atoms with E-state index in [0.717, 1.165) is 24.5 Å². The number of hydrogen-bond acceptors (Lipinski definition) is 4. The summed E-state index contributed by atoms with van der Waals surface area (Å²) in [5, 5.41) is 12.6. The van der Waals surface area contributed by atoms with Crippen LogP contribution in [0.4, 0.5) is 0 Å². The predicted molar refractivity (Wildman–Crippen MR) is 65.3 cm³/mol. The molecule has 2 atom stereocenters. The Hall–Kier alpha value is -1.26. The molecule has 0 bridgehead atoms. The molecule has 2 rings (SSSR count). The average molecular weight is 237 g/mol. The first-order valence-electron chi connectivity index (χ1n) is 5.98. The van der Waals surface area contributed by atoms with Crippen LogP contribution in [0, 0.1) is 0 Å². The van der Waals surface area contributed by atoms with Gasteiger partial charge >= 0.3 is 0 Å². The lowest BCUT2D eigenvalue weighted by Gasteiger charge is -2.15. The van der Waals surface area contributed by atoms with Crippen LogP contribution in [0.3, 0.4) is 0 Å². The summed E-state index contributed by atoms with van der Waals surface area (Å²) in [7, 11) is 0. The molecule has 1 aliphatic heterocycles. The molecule has 94 valence electrons. The predicted octanol–water partition coefficient (Wildman–Crippen LogP) is 1.84. The summed E-state index contributed by atoms with van der Waals surface area (Å²) in [6.07, 6.45) is 0.501. The highest BCUT2D eigenvalue weighted by atomic mass is 16.7. The lowest BCUT2D eigenvalue weighted by molar-refractivity contribution is 0.174. The summed E-state index contributed by atoms with van der Waals surface area (Å²) in [4.78, 5) is 0. The van der Waals surface area contributed by atoms with E-state index in [4.69, 9.17) is 9.47 Å². The fourth-order valence-corrected chi connectivity index (χ4v) is 1.81. The van der Waals surface area contributed by atoms with E-state index in [1.165, 1.54) is 5.56 Å². The Morgan fingerprint density at radius 2 is 2.06 bits per heavy atom. The van der Waals surface area contributed by atoms with Crippen LogP contribution in [0.15, 0.2) is 18.2 Å². The second-order valence-electron chi connectivity index (χ2n) is 4.43. The fraction of sp³-hybridized carbons (Fsp3) is 0.538. The molecule has 0 saturated heterocycles. The van der Waals surface area contributed by atoms with Crippen molar-refractivity contribution in [3.63, 3.8) is 0 Å². The summed E-state index contributed by atoms with van der Waals surface area (Å²) < 4.78 is 10.6. The van der Waals surface area contributed by atoms with Crippen molar-refractivity contribution >= 4 is 0 Å². The molecule has 1 heterocycles. The average Bonchev–Trinajstić information content (AvgIpc) is 2.75. The largest absolute Gasteiger partial charge is 0.454 e. The maximum absolute atomic E-state index is 9.19. The molecule has 0 radical (unpaired) electrons. The highest BCUT2D eigenvalue weighted by molar-refractivity contribution is 5.45. The molecule has 0 spiro atoms. The molecule has 0 aromatic heterocycles. The first kappa shape index (κ1) is 12.2. The standard InChI is InChI=1S/C13H19NO3/c1-9(15)5-6-14-10(2)11-3-4-12-13(7-11)17-8-16-12/h3-4,7,9-10,14-15H,5-6,8H2,1-2H3. The lowest BCUT2D eigenvalue weighted by atomic mass is 10.1. The first-order valence-corrected chi connectivity index (χ1v) is 5.98. The zero-order chi connectivity index (χ0) is 12.3. The summed E-state index contributed by atoms with van der Waals surface area (Å²) >= 11 is 0. The minimum absolute atomic E-state index is 0.239. The Labute approximate surface area is 102 Å². The summed E-state index contributed by atoms with van der Waals surface area (Å²) in [5.41, 5.74) is 1.17. The highest BCUT2D eigenvalue weighted by Gasteiger charge is 2.15. The molecule has 1 aromatic rings. The molecule has 0 fully saturated rings. The Balaban J connectivity index is 1.92. The number of hydrogen-bond donors (Lipinski definition) is 2. The van der Waals surface area contributed by atoms with Gasteiger partial charge in [-0.2, -0.15) is 0 Å². The van der Waals surface area contributed by atoms with Gasteiger partial charge in [0.2, 0.25) is 6.79 Å². The van der Waals surface area contributed by atoms with Crippen molar-refractivity contribution < 1.29 is 14.6 Å². The van der Waals surface area contributed by atoms with Crippen LogP contribution in [0.2, 0.25) is 0 Å². The van der Waals surface area contributed by atoms with Crippen molar-refractivity contribution in [2.24, 2.45) is 0 Å². The number of fused-ring (bicyclic) bond motifs is 1. The number of aliphatic hydroxyl groups excluding tert-OH is 1. The van der Waals surface area contributed by atoms with Crippen LogP contribution in [0.1, 0.15) is 31.9 Å². The van der Waals surface area contributed by atoms with Gasteiger partial charge in [0.15, 0.2) is 11.5 Å². The van der Waals surface area contributed by atoms with Crippen LogP contribution < -0.4 is 14.8 Å². The van der Waals surface area contributed by atoms with Gasteiger partial charge in [0.25, 0.3) is 0 Å². The van der Waals surface area contributed by atoms with Gasteiger partial charge in [-0.25, -0.2) is 0 Å². The molecule has 1 aromatic carbocycles. The van der Waals surface area contributed by atoms with E-state index in [2.05, 4.69) is 12.2 Å². The van der Waals surface area contributed by atoms with Crippen molar-refractivity contribution in [2.45, 2.75) is 32.4 Å². The van der Waals surface area contributed by atoms with E-state index in [1.807, 2.05) is 18.2 Å². The number of benzene rings is 1. The van der Waals surface area contributed by atoms with Crippen molar-refractivity contribution in [3.05, 3.63) is 23.8 Å². The summed E-state index contributed by atoms with van der Waals surface area (Å²) in [6, 6.07) is 6.21. The molecular weight excluding hydrogens is 218 g/mol. The van der Waals surface area contributed by atoms with Crippen molar-refractivity contribution in [1.82, 2.24) is 5.32 Å². The normalized spacial score (nSPS) is 16.9. The molecule has 4 heteroatoms. The molecule has 0 amide bonds. The molecule has 4 nitrogen and oxygen atoms in total. The van der Waals surface area contributed by atoms with Crippen LogP contribution in [-0.2, 0) is 0 Å². The Bertz CT molecular complexity index is 379. The molecule has 17 heavy (non-hydrogen) atoms. The lowest BCUT2D eigenvalue weighted by Crippen LogP contribution is -2.22. The van der Waals surface area contributed by atoms with Crippen LogP contribution >= 0.6 is 0 Å². The van der Waals surface area contributed by atoms with Crippen LogP contribution in [0.25, 0.3) is 0 Å². The van der Waals surface area contributed by atoms with Gasteiger partial charge in [-0.3, -0.25) is 0 Å². The van der Waals surface area contributed by atoms with E-state index in [9.17, 15) is 5.11 Å². The number of nitrogens with one attached hydrogen (secondary N) is 1. The molecule has 0 saturated carbocycles. The van der Waals surface area contributed by atoms with Gasteiger partial charge in [-0.05, 0) is 44.5 Å². The van der Waals surface area contributed by atoms with Gasteiger partial charge in [-0.1, -0.05) is 6.07 Å². The number of rotatable bonds is 5. The van der Waals surface area contributed by atoms with Gasteiger partial charge in [0, 0.05) is 6.04 Å². The third-order valence-corrected chi connectivity index (χ3v) is 2.91. The highest BCUT2D eigenvalue weighted by Crippen LogP contribution is 2.34. The number of aliphatic hydroxyl groups is 1. The zero-order valence-corrected chi connectivity index (χ0v) is 10.3. The molecule has 0 aliphatic carbocycles. The van der Waals surface area contributed by atoms with E-state index in [0.29, 0.717) is 6.79 Å². The van der Waals surface area contributed by atoms with Crippen LogP contribution in [0.5, 0.6) is 11.5 Å². The second kappa shape index (κ2) is 5.38. The topological polar surface area (TPSA) is 50.7 Å². The third-order valence-electron chi connectivity index (χ3n) is 2.91. The van der Waals surface area contributed by atoms with E-state index < -0.39 is 0 Å². The fourth-order valence-electron chi connectivity index (χ4n) is 1.81. The van der Waals surface area contributed by atoms with E-state index in [1.54, 1.807) is 6.92 Å². The Morgan fingerprint density at radius 1 is 1.29 bits per heavy atom. The number of ether oxygens (including phenoxy) is 2. The first-order chi connectivity index (χ1) is 8.16. The maximum atomic E-state index is 9.19. The molecule has 2 unspecified atom stereocenters. The second-order valence-corrected chi connectivity index (χ2v) is 4.43. The molecule has 1 aliphatic rings. The third kappa shape index (κ3) is 3.11. The summed E-state index contributed by atoms with van der Waals surface area (Å²) in [6.45, 7) is 5.00. The Morgan fingerprint density at radius 3 is 2.82 bits per heavy atom. The van der Waals surface area contributed by atoms with E-state index >= 15 is 0 Å². The van der Waals surface area contributed by atoms with Gasteiger partial charge < -0.3 is 19.9 Å². The molecular formula is C13H19NO3. The Kier molecular flexibility index (Phi) is 3.86. The maximum Gasteiger partial charge on any atom is 0.231 e. The summed E-state index contributed by atoms with van der Waals surface area (Å²) in [5.74, 6) is 1.62. The monoisotopic (exact) mass is 237 g/mol. The minimum atomic E-state index is -0.258.